The summed E-state index contributed by atoms with van der Waals surface area (Å²) in [5.41, 5.74) is 2.09. The molecule has 0 bridgehead atoms. The number of rotatable bonds is 5. The van der Waals surface area contributed by atoms with Gasteiger partial charge in [-0.05, 0) is 59.9 Å². The van der Waals surface area contributed by atoms with Crippen molar-refractivity contribution in [3.63, 3.8) is 0 Å². The number of carbonyl (C=O) groups excluding carboxylic acids is 1. The first kappa shape index (κ1) is 20.0. The summed E-state index contributed by atoms with van der Waals surface area (Å²) in [5.74, 6) is -0.703. The molecule has 1 aliphatic rings. The van der Waals surface area contributed by atoms with Crippen LogP contribution in [0.5, 0.6) is 0 Å². The van der Waals surface area contributed by atoms with Gasteiger partial charge < -0.3 is 14.0 Å². The monoisotopic (exact) mass is 407 g/mol. The highest BCUT2D eigenvalue weighted by Gasteiger charge is 2.39. The van der Waals surface area contributed by atoms with E-state index in [1.165, 1.54) is 19.2 Å². The molecule has 4 rings (SSSR count). The van der Waals surface area contributed by atoms with E-state index in [9.17, 15) is 14.0 Å². The normalized spacial score (nSPS) is 18.3. The summed E-state index contributed by atoms with van der Waals surface area (Å²) in [6, 6.07) is 16.7. The SMILES string of the molecule is COC(=O)c1ccc(Cn2ccc([C@@]3(c4ccc(F)cc4)CCCO3)cc2=O)cc1. The Morgan fingerprint density at radius 2 is 1.83 bits per heavy atom. The quantitative estimate of drug-likeness (QED) is 0.603. The van der Waals surface area contributed by atoms with Gasteiger partial charge in [-0.2, -0.15) is 0 Å². The molecule has 0 saturated carbocycles. The highest BCUT2D eigenvalue weighted by atomic mass is 19.1. The second-order valence-corrected chi connectivity index (χ2v) is 7.36. The van der Waals surface area contributed by atoms with Gasteiger partial charge >= 0.3 is 5.97 Å². The van der Waals surface area contributed by atoms with Gasteiger partial charge in [-0.3, -0.25) is 4.79 Å². The van der Waals surface area contributed by atoms with Crippen molar-refractivity contribution < 1.29 is 18.7 Å². The lowest BCUT2D eigenvalue weighted by atomic mass is 9.84. The van der Waals surface area contributed by atoms with Crippen LogP contribution >= 0.6 is 0 Å². The number of pyridine rings is 1. The van der Waals surface area contributed by atoms with E-state index >= 15 is 0 Å². The maximum Gasteiger partial charge on any atom is 0.337 e. The number of ether oxygens (including phenoxy) is 2. The molecule has 1 saturated heterocycles. The van der Waals surface area contributed by atoms with E-state index in [-0.39, 0.29) is 11.4 Å². The van der Waals surface area contributed by atoms with Gasteiger partial charge in [-0.1, -0.05) is 24.3 Å². The molecular formula is C24H22FNO4. The van der Waals surface area contributed by atoms with Crippen molar-refractivity contribution in [2.75, 3.05) is 13.7 Å². The van der Waals surface area contributed by atoms with E-state index in [0.717, 1.165) is 29.5 Å². The minimum absolute atomic E-state index is 0.151. The minimum atomic E-state index is -0.728. The molecule has 0 radical (unpaired) electrons. The Kier molecular flexibility index (Phi) is 5.50. The molecule has 1 atom stereocenters. The largest absolute Gasteiger partial charge is 0.465 e. The molecule has 3 aromatic rings. The third-order valence-corrected chi connectivity index (χ3v) is 5.52. The van der Waals surface area contributed by atoms with Gasteiger partial charge in [-0.25, -0.2) is 9.18 Å². The minimum Gasteiger partial charge on any atom is -0.465 e. The first-order valence-corrected chi connectivity index (χ1v) is 9.80. The van der Waals surface area contributed by atoms with Gasteiger partial charge in [0.05, 0.1) is 19.2 Å². The van der Waals surface area contributed by atoms with Crippen LogP contribution in [-0.2, 0) is 21.6 Å². The third kappa shape index (κ3) is 3.78. The average Bonchev–Trinajstić information content (AvgIpc) is 3.27. The lowest BCUT2D eigenvalue weighted by Crippen LogP contribution is -2.30. The molecule has 0 aliphatic carbocycles. The van der Waals surface area contributed by atoms with Crippen molar-refractivity contribution in [3.05, 3.63) is 105 Å². The maximum absolute atomic E-state index is 13.4. The first-order valence-electron chi connectivity index (χ1n) is 9.80. The van der Waals surface area contributed by atoms with Crippen molar-refractivity contribution in [2.45, 2.75) is 25.0 Å². The van der Waals surface area contributed by atoms with E-state index in [1.54, 1.807) is 53.2 Å². The number of halogens is 1. The average molecular weight is 407 g/mol. The summed E-state index contributed by atoms with van der Waals surface area (Å²) in [6.07, 6.45) is 3.35. The van der Waals surface area contributed by atoms with Gasteiger partial charge in [-0.15, -0.1) is 0 Å². The highest BCUT2D eigenvalue weighted by molar-refractivity contribution is 5.89. The summed E-state index contributed by atoms with van der Waals surface area (Å²) >= 11 is 0. The molecular weight excluding hydrogens is 385 g/mol. The van der Waals surface area contributed by atoms with Crippen LogP contribution in [-0.4, -0.2) is 24.3 Å². The fourth-order valence-corrected chi connectivity index (χ4v) is 3.93. The van der Waals surface area contributed by atoms with Crippen LogP contribution in [0.2, 0.25) is 0 Å². The number of aromatic nitrogens is 1. The smallest absolute Gasteiger partial charge is 0.337 e. The molecule has 1 aliphatic heterocycles. The molecule has 6 heteroatoms. The molecule has 5 nitrogen and oxygen atoms in total. The van der Waals surface area contributed by atoms with Gasteiger partial charge in [0.1, 0.15) is 11.4 Å². The van der Waals surface area contributed by atoms with Crippen LogP contribution in [0.4, 0.5) is 4.39 Å². The number of benzene rings is 2. The summed E-state index contributed by atoms with van der Waals surface area (Å²) in [5, 5.41) is 0. The fourth-order valence-electron chi connectivity index (χ4n) is 3.93. The number of nitrogens with zero attached hydrogens (tertiary/aromatic N) is 1. The third-order valence-electron chi connectivity index (χ3n) is 5.52. The second-order valence-electron chi connectivity index (χ2n) is 7.36. The van der Waals surface area contributed by atoms with Crippen molar-refractivity contribution in [1.82, 2.24) is 4.57 Å². The summed E-state index contributed by atoms with van der Waals surface area (Å²) in [6.45, 7) is 0.970. The Balaban J connectivity index is 1.61. The van der Waals surface area contributed by atoms with Crippen molar-refractivity contribution in [3.8, 4) is 0 Å². The molecule has 0 amide bonds. The first-order chi connectivity index (χ1) is 14.5. The summed E-state index contributed by atoms with van der Waals surface area (Å²) in [4.78, 5) is 24.4. The molecule has 0 unspecified atom stereocenters. The number of methoxy groups -OCH3 is 1. The van der Waals surface area contributed by atoms with Crippen LogP contribution < -0.4 is 5.56 Å². The van der Waals surface area contributed by atoms with Crippen molar-refractivity contribution >= 4 is 5.97 Å². The molecule has 154 valence electrons. The molecule has 30 heavy (non-hydrogen) atoms. The van der Waals surface area contributed by atoms with Crippen molar-refractivity contribution in [2.24, 2.45) is 0 Å². The van der Waals surface area contributed by atoms with Crippen molar-refractivity contribution in [1.29, 1.82) is 0 Å². The van der Waals surface area contributed by atoms with E-state index in [1.807, 2.05) is 6.07 Å². The summed E-state index contributed by atoms with van der Waals surface area (Å²) < 4.78 is 25.8. The van der Waals surface area contributed by atoms with Crippen LogP contribution in [0.3, 0.4) is 0 Å². The molecule has 1 fully saturated rings. The zero-order chi connectivity index (χ0) is 21.1. The molecule has 1 aromatic heterocycles. The number of hydrogen-bond donors (Lipinski definition) is 0. The lowest BCUT2D eigenvalue weighted by Gasteiger charge is -2.29. The predicted molar refractivity (Wildman–Crippen MR) is 110 cm³/mol. The lowest BCUT2D eigenvalue weighted by molar-refractivity contribution is 0.0357. The molecule has 2 aromatic carbocycles. The molecule has 2 heterocycles. The standard InChI is InChI=1S/C24H22FNO4/c1-29-23(28)18-5-3-17(4-6-18)16-26-13-11-20(15-22(26)27)24(12-2-14-30-24)19-7-9-21(25)10-8-19/h3-11,13,15H,2,12,14,16H2,1H3/t24-/m0/s1. The van der Waals surface area contributed by atoms with Gasteiger partial charge in [0.25, 0.3) is 5.56 Å². The Labute approximate surface area is 173 Å². The van der Waals surface area contributed by atoms with Gasteiger partial charge in [0.15, 0.2) is 0 Å². The fraction of sp³-hybridized carbons (Fsp3) is 0.250. The second kappa shape index (κ2) is 8.24. The Morgan fingerprint density at radius 1 is 1.10 bits per heavy atom. The zero-order valence-electron chi connectivity index (χ0n) is 16.6. The molecule has 0 spiro atoms. The van der Waals surface area contributed by atoms with Crippen LogP contribution in [0, 0.1) is 5.82 Å². The Hall–Kier alpha value is -3.25. The van der Waals surface area contributed by atoms with Crippen LogP contribution in [0.25, 0.3) is 0 Å². The van der Waals surface area contributed by atoms with E-state index in [0.29, 0.717) is 18.7 Å². The van der Waals surface area contributed by atoms with E-state index in [4.69, 9.17) is 9.47 Å². The Bertz CT molecular complexity index is 1100. The van der Waals surface area contributed by atoms with Crippen LogP contribution in [0.1, 0.15) is 39.9 Å². The number of esters is 1. The van der Waals surface area contributed by atoms with E-state index in [2.05, 4.69) is 0 Å². The highest BCUT2D eigenvalue weighted by Crippen LogP contribution is 2.41. The Morgan fingerprint density at radius 3 is 2.43 bits per heavy atom. The summed E-state index contributed by atoms with van der Waals surface area (Å²) in [7, 11) is 1.34. The predicted octanol–water partition coefficient (Wildman–Crippen LogP) is 3.88. The van der Waals surface area contributed by atoms with Gasteiger partial charge in [0.2, 0.25) is 0 Å². The topological polar surface area (TPSA) is 57.5 Å². The van der Waals surface area contributed by atoms with Crippen LogP contribution in [0.15, 0.2) is 71.7 Å². The molecule has 0 N–H and O–H groups in total. The van der Waals surface area contributed by atoms with Gasteiger partial charge in [0, 0.05) is 18.9 Å². The van der Waals surface area contributed by atoms with E-state index < -0.39 is 11.6 Å². The zero-order valence-corrected chi connectivity index (χ0v) is 16.6. The number of hydrogen-bond acceptors (Lipinski definition) is 4. The number of carbonyl (C=O) groups is 1. The maximum atomic E-state index is 13.4.